The van der Waals surface area contributed by atoms with E-state index in [0.717, 1.165) is 17.7 Å². The molecule has 0 bridgehead atoms. The van der Waals surface area contributed by atoms with E-state index in [-0.39, 0.29) is 11.7 Å². The first-order chi connectivity index (χ1) is 8.29. The van der Waals surface area contributed by atoms with Crippen LogP contribution in [0.25, 0.3) is 0 Å². The van der Waals surface area contributed by atoms with Crippen molar-refractivity contribution in [3.05, 3.63) is 59.9 Å². The molecule has 1 aromatic heterocycles. The van der Waals surface area contributed by atoms with E-state index in [1.54, 1.807) is 18.3 Å². The van der Waals surface area contributed by atoms with E-state index in [1.807, 2.05) is 30.3 Å². The van der Waals surface area contributed by atoms with Crippen molar-refractivity contribution in [1.29, 1.82) is 0 Å². The molecule has 17 heavy (non-hydrogen) atoms. The molecule has 88 valence electrons. The van der Waals surface area contributed by atoms with Crippen LogP contribution in [0.5, 0.6) is 5.75 Å². The number of aromatic nitrogens is 1. The zero-order valence-corrected chi connectivity index (χ0v) is 9.58. The summed E-state index contributed by atoms with van der Waals surface area (Å²) in [7, 11) is 0. The molecule has 1 unspecified atom stereocenters. The fraction of sp³-hybridized carbons (Fsp3) is 0.214. The molecule has 0 saturated heterocycles. The van der Waals surface area contributed by atoms with Gasteiger partial charge in [0.2, 0.25) is 0 Å². The number of rotatable bonds is 4. The van der Waals surface area contributed by atoms with E-state index >= 15 is 0 Å². The first-order valence-corrected chi connectivity index (χ1v) is 5.68. The summed E-state index contributed by atoms with van der Waals surface area (Å²) in [6.45, 7) is 0.571. The predicted octanol–water partition coefficient (Wildman–Crippen LogP) is 2.07. The average molecular weight is 228 g/mol. The lowest BCUT2D eigenvalue weighted by atomic mass is 9.94. The number of pyridine rings is 1. The summed E-state index contributed by atoms with van der Waals surface area (Å²) in [5, 5.41) is 9.26. The van der Waals surface area contributed by atoms with E-state index in [0.29, 0.717) is 6.54 Å². The average Bonchev–Trinajstić information content (AvgIpc) is 2.38. The maximum Gasteiger partial charge on any atom is 0.115 e. The van der Waals surface area contributed by atoms with Gasteiger partial charge in [-0.2, -0.15) is 0 Å². The zero-order valence-electron chi connectivity index (χ0n) is 9.58. The van der Waals surface area contributed by atoms with Gasteiger partial charge in [-0.05, 0) is 42.8 Å². The Morgan fingerprint density at radius 2 is 1.88 bits per heavy atom. The van der Waals surface area contributed by atoms with Crippen molar-refractivity contribution in [3.8, 4) is 5.75 Å². The minimum Gasteiger partial charge on any atom is -0.508 e. The number of hydrogen-bond acceptors (Lipinski definition) is 3. The van der Waals surface area contributed by atoms with Crippen molar-refractivity contribution in [2.45, 2.75) is 12.3 Å². The number of hydrogen-bond donors (Lipinski definition) is 2. The molecular weight excluding hydrogens is 212 g/mol. The van der Waals surface area contributed by atoms with Crippen LogP contribution in [0.3, 0.4) is 0 Å². The van der Waals surface area contributed by atoms with E-state index in [1.165, 1.54) is 0 Å². The molecule has 2 aromatic rings. The van der Waals surface area contributed by atoms with Gasteiger partial charge in [-0.25, -0.2) is 0 Å². The number of nitrogens with zero attached hydrogens (tertiary/aromatic N) is 1. The smallest absolute Gasteiger partial charge is 0.115 e. The van der Waals surface area contributed by atoms with Gasteiger partial charge >= 0.3 is 0 Å². The molecule has 0 aliphatic rings. The lowest BCUT2D eigenvalue weighted by Gasteiger charge is -2.14. The number of phenolic OH excluding ortho intramolecular Hbond substituents is 1. The summed E-state index contributed by atoms with van der Waals surface area (Å²) >= 11 is 0. The van der Waals surface area contributed by atoms with Gasteiger partial charge in [0.05, 0.1) is 0 Å². The maximum absolute atomic E-state index is 9.26. The summed E-state index contributed by atoms with van der Waals surface area (Å²) in [4.78, 5) is 4.30. The number of aromatic hydroxyl groups is 1. The highest BCUT2D eigenvalue weighted by Crippen LogP contribution is 2.21. The van der Waals surface area contributed by atoms with Crippen LogP contribution in [0.1, 0.15) is 17.2 Å². The highest BCUT2D eigenvalue weighted by Gasteiger charge is 2.11. The standard InChI is InChI=1S/C14H16N2O/c15-10-12(9-13-3-1-2-8-16-13)11-4-6-14(17)7-5-11/h1-8,12,17H,9-10,15H2. The Bertz CT molecular complexity index is 453. The van der Waals surface area contributed by atoms with Gasteiger partial charge < -0.3 is 10.8 Å². The molecule has 1 aromatic carbocycles. The van der Waals surface area contributed by atoms with Gasteiger partial charge in [-0.1, -0.05) is 18.2 Å². The second-order valence-electron chi connectivity index (χ2n) is 4.05. The molecule has 0 radical (unpaired) electrons. The third kappa shape index (κ3) is 3.04. The van der Waals surface area contributed by atoms with Crippen LogP contribution < -0.4 is 5.73 Å². The fourth-order valence-corrected chi connectivity index (χ4v) is 1.86. The summed E-state index contributed by atoms with van der Waals surface area (Å²) < 4.78 is 0. The predicted molar refractivity (Wildman–Crippen MR) is 67.8 cm³/mol. The highest BCUT2D eigenvalue weighted by molar-refractivity contribution is 5.29. The van der Waals surface area contributed by atoms with Crippen molar-refractivity contribution in [2.75, 3.05) is 6.54 Å². The van der Waals surface area contributed by atoms with Crippen LogP contribution in [0.2, 0.25) is 0 Å². The fourth-order valence-electron chi connectivity index (χ4n) is 1.86. The van der Waals surface area contributed by atoms with Gasteiger partial charge in [0.1, 0.15) is 5.75 Å². The third-order valence-corrected chi connectivity index (χ3v) is 2.83. The largest absolute Gasteiger partial charge is 0.508 e. The summed E-state index contributed by atoms with van der Waals surface area (Å²) in [5.74, 6) is 0.521. The molecule has 0 fully saturated rings. The van der Waals surface area contributed by atoms with Crippen LogP contribution in [-0.4, -0.2) is 16.6 Å². The van der Waals surface area contributed by atoms with Crippen molar-refractivity contribution in [3.63, 3.8) is 0 Å². The molecule has 1 heterocycles. The molecule has 2 rings (SSSR count). The normalized spacial score (nSPS) is 12.3. The van der Waals surface area contributed by atoms with Gasteiger partial charge in [0, 0.05) is 17.8 Å². The summed E-state index contributed by atoms with van der Waals surface area (Å²) in [6, 6.07) is 13.1. The van der Waals surface area contributed by atoms with Crippen molar-refractivity contribution >= 4 is 0 Å². The Kier molecular flexibility index (Phi) is 3.73. The summed E-state index contributed by atoms with van der Waals surface area (Å²) in [5.41, 5.74) is 7.97. The van der Waals surface area contributed by atoms with E-state index in [2.05, 4.69) is 4.98 Å². The third-order valence-electron chi connectivity index (χ3n) is 2.83. The quantitative estimate of drug-likeness (QED) is 0.842. The molecule has 0 aliphatic carbocycles. The topological polar surface area (TPSA) is 59.1 Å². The van der Waals surface area contributed by atoms with Gasteiger partial charge in [-0.3, -0.25) is 4.98 Å². The van der Waals surface area contributed by atoms with Crippen LogP contribution in [0.15, 0.2) is 48.7 Å². The van der Waals surface area contributed by atoms with Crippen molar-refractivity contribution in [2.24, 2.45) is 5.73 Å². The first kappa shape index (κ1) is 11.6. The molecule has 0 amide bonds. The lowest BCUT2D eigenvalue weighted by Crippen LogP contribution is -2.15. The Hall–Kier alpha value is -1.87. The van der Waals surface area contributed by atoms with Crippen LogP contribution in [0.4, 0.5) is 0 Å². The van der Waals surface area contributed by atoms with Gasteiger partial charge in [0.15, 0.2) is 0 Å². The minimum absolute atomic E-state index is 0.241. The highest BCUT2D eigenvalue weighted by atomic mass is 16.3. The van der Waals surface area contributed by atoms with Crippen molar-refractivity contribution in [1.82, 2.24) is 4.98 Å². The van der Waals surface area contributed by atoms with Crippen molar-refractivity contribution < 1.29 is 5.11 Å². The molecule has 3 nitrogen and oxygen atoms in total. The number of phenols is 1. The minimum atomic E-state index is 0.241. The van der Waals surface area contributed by atoms with E-state index in [9.17, 15) is 5.11 Å². The van der Waals surface area contributed by atoms with Gasteiger partial charge in [0.25, 0.3) is 0 Å². The number of nitrogens with two attached hydrogens (primary N) is 1. The SMILES string of the molecule is NCC(Cc1ccccn1)c1ccc(O)cc1. The van der Waals surface area contributed by atoms with E-state index in [4.69, 9.17) is 5.73 Å². The zero-order chi connectivity index (χ0) is 12.1. The Morgan fingerprint density at radius 3 is 2.47 bits per heavy atom. The lowest BCUT2D eigenvalue weighted by molar-refractivity contribution is 0.474. The van der Waals surface area contributed by atoms with Crippen LogP contribution in [0, 0.1) is 0 Å². The Morgan fingerprint density at radius 1 is 1.12 bits per heavy atom. The molecule has 0 spiro atoms. The Labute approximate surface area is 101 Å². The van der Waals surface area contributed by atoms with Crippen LogP contribution in [-0.2, 0) is 6.42 Å². The second-order valence-corrected chi connectivity index (χ2v) is 4.05. The monoisotopic (exact) mass is 228 g/mol. The van der Waals surface area contributed by atoms with E-state index < -0.39 is 0 Å². The van der Waals surface area contributed by atoms with Gasteiger partial charge in [-0.15, -0.1) is 0 Å². The maximum atomic E-state index is 9.26. The molecule has 0 saturated carbocycles. The Balaban J connectivity index is 2.14. The second kappa shape index (κ2) is 5.46. The molecule has 0 aliphatic heterocycles. The molecular formula is C14H16N2O. The summed E-state index contributed by atoms with van der Waals surface area (Å²) in [6.07, 6.45) is 2.61. The molecule has 1 atom stereocenters. The number of benzene rings is 1. The molecule has 3 N–H and O–H groups in total. The first-order valence-electron chi connectivity index (χ1n) is 5.68. The molecule has 3 heteroatoms. The van der Waals surface area contributed by atoms with Crippen LogP contribution >= 0.6 is 0 Å².